The van der Waals surface area contributed by atoms with Gasteiger partial charge in [-0.3, -0.25) is 4.79 Å². The monoisotopic (exact) mass is 440 g/mol. The van der Waals surface area contributed by atoms with Crippen molar-refractivity contribution in [3.05, 3.63) is 59.4 Å². The van der Waals surface area contributed by atoms with Crippen molar-refractivity contribution >= 4 is 27.5 Å². The van der Waals surface area contributed by atoms with E-state index in [0.717, 1.165) is 0 Å². The van der Waals surface area contributed by atoms with Crippen LogP contribution in [-0.2, 0) is 14.8 Å². The number of sulfonamides is 1. The molecule has 0 saturated carbocycles. The number of rotatable bonds is 7. The maximum Gasteiger partial charge on any atom is 0.243 e. The van der Waals surface area contributed by atoms with E-state index >= 15 is 0 Å². The highest BCUT2D eigenvalue weighted by Crippen LogP contribution is 2.24. The molecule has 1 fully saturated rings. The van der Waals surface area contributed by atoms with Crippen LogP contribution in [0, 0.1) is 11.7 Å². The molecule has 3 rings (SSSR count). The van der Waals surface area contributed by atoms with Crippen molar-refractivity contribution < 1.29 is 22.3 Å². The van der Waals surface area contributed by atoms with E-state index in [9.17, 15) is 17.6 Å². The lowest BCUT2D eigenvalue weighted by atomic mass is 9.97. The topological polar surface area (TPSA) is 75.7 Å². The van der Waals surface area contributed by atoms with Gasteiger partial charge < -0.3 is 10.1 Å². The molecule has 2 aromatic carbocycles. The number of carbonyl (C=O) groups excluding carboxylic acids is 1. The normalized spacial score (nSPS) is 15.8. The lowest BCUT2D eigenvalue weighted by molar-refractivity contribution is -0.126. The number of amides is 1. The first-order valence-electron chi connectivity index (χ1n) is 9.28. The van der Waals surface area contributed by atoms with Crippen molar-refractivity contribution in [2.45, 2.75) is 17.7 Å². The van der Waals surface area contributed by atoms with Crippen LogP contribution in [0.5, 0.6) is 5.75 Å². The molecular formula is C20H22ClFN2O4S. The molecule has 0 atom stereocenters. The molecule has 156 valence electrons. The minimum absolute atomic E-state index is 0.115. The Kier molecular flexibility index (Phi) is 7.10. The second-order valence-corrected chi connectivity index (χ2v) is 9.10. The summed E-state index contributed by atoms with van der Waals surface area (Å²) in [5, 5.41) is 3.28. The van der Waals surface area contributed by atoms with Gasteiger partial charge in [-0.25, -0.2) is 12.8 Å². The molecule has 0 unspecified atom stereocenters. The number of benzene rings is 2. The van der Waals surface area contributed by atoms with Crippen molar-refractivity contribution in [1.29, 1.82) is 0 Å². The number of ether oxygens (including phenoxy) is 1. The predicted molar refractivity (Wildman–Crippen MR) is 108 cm³/mol. The molecule has 9 heteroatoms. The number of nitrogens with zero attached hydrogens (tertiary/aromatic N) is 1. The van der Waals surface area contributed by atoms with Crippen LogP contribution in [-0.4, -0.2) is 44.9 Å². The fourth-order valence-electron chi connectivity index (χ4n) is 3.13. The number of halogens is 2. The summed E-state index contributed by atoms with van der Waals surface area (Å²) >= 11 is 5.82. The van der Waals surface area contributed by atoms with Gasteiger partial charge in [-0.05, 0) is 61.4 Å². The molecule has 0 aliphatic carbocycles. The second-order valence-electron chi connectivity index (χ2n) is 6.73. The summed E-state index contributed by atoms with van der Waals surface area (Å²) in [5.41, 5.74) is 0. The van der Waals surface area contributed by atoms with Gasteiger partial charge >= 0.3 is 0 Å². The fraction of sp³-hybridized carbons (Fsp3) is 0.350. The van der Waals surface area contributed by atoms with Gasteiger partial charge in [0, 0.05) is 24.0 Å². The number of piperidine rings is 1. The van der Waals surface area contributed by atoms with Crippen LogP contribution in [0.15, 0.2) is 53.4 Å². The summed E-state index contributed by atoms with van der Waals surface area (Å²) in [5.74, 6) is -0.162. The number of hydrogen-bond acceptors (Lipinski definition) is 4. The van der Waals surface area contributed by atoms with Crippen LogP contribution < -0.4 is 10.1 Å². The van der Waals surface area contributed by atoms with Crippen LogP contribution in [0.1, 0.15) is 12.8 Å². The summed E-state index contributed by atoms with van der Waals surface area (Å²) in [6, 6.07) is 11.7. The zero-order chi connectivity index (χ0) is 20.9. The van der Waals surface area contributed by atoms with Gasteiger partial charge in [0.1, 0.15) is 18.2 Å². The lowest BCUT2D eigenvalue weighted by Gasteiger charge is -2.30. The van der Waals surface area contributed by atoms with Gasteiger partial charge in [0.2, 0.25) is 15.9 Å². The van der Waals surface area contributed by atoms with Crippen molar-refractivity contribution in [3.8, 4) is 5.75 Å². The highest BCUT2D eigenvalue weighted by atomic mass is 35.5. The van der Waals surface area contributed by atoms with Gasteiger partial charge in [0.25, 0.3) is 0 Å². The van der Waals surface area contributed by atoms with Gasteiger partial charge in [-0.15, -0.1) is 0 Å². The highest BCUT2D eigenvalue weighted by Gasteiger charge is 2.31. The Balaban J connectivity index is 1.43. The zero-order valence-corrected chi connectivity index (χ0v) is 17.3. The third-order valence-corrected chi connectivity index (χ3v) is 6.92. The van der Waals surface area contributed by atoms with Crippen LogP contribution >= 0.6 is 11.6 Å². The second kappa shape index (κ2) is 9.56. The van der Waals surface area contributed by atoms with Gasteiger partial charge in [0.05, 0.1) is 11.4 Å². The first-order valence-corrected chi connectivity index (χ1v) is 11.1. The molecular weight excluding hydrogens is 419 g/mol. The Labute approximate surface area is 174 Å². The molecule has 0 radical (unpaired) electrons. The zero-order valence-electron chi connectivity index (χ0n) is 15.7. The summed E-state index contributed by atoms with van der Waals surface area (Å²) in [7, 11) is -3.59. The number of carbonyl (C=O) groups is 1. The minimum Gasteiger partial charge on any atom is -0.492 e. The van der Waals surface area contributed by atoms with Crippen molar-refractivity contribution in [3.63, 3.8) is 0 Å². The van der Waals surface area contributed by atoms with Gasteiger partial charge in [0.15, 0.2) is 0 Å². The Morgan fingerprint density at radius 3 is 2.34 bits per heavy atom. The maximum atomic E-state index is 12.8. The molecule has 2 aromatic rings. The molecule has 1 saturated heterocycles. The van der Waals surface area contributed by atoms with Crippen LogP contribution in [0.3, 0.4) is 0 Å². The van der Waals surface area contributed by atoms with Crippen molar-refractivity contribution in [1.82, 2.24) is 9.62 Å². The van der Waals surface area contributed by atoms with E-state index in [1.807, 2.05) is 0 Å². The third kappa shape index (κ3) is 5.68. The van der Waals surface area contributed by atoms with E-state index in [1.54, 1.807) is 12.1 Å². The molecule has 29 heavy (non-hydrogen) atoms. The third-order valence-electron chi connectivity index (χ3n) is 4.76. The maximum absolute atomic E-state index is 12.8. The summed E-state index contributed by atoms with van der Waals surface area (Å²) in [6.07, 6.45) is 0.912. The largest absolute Gasteiger partial charge is 0.492 e. The Bertz CT molecular complexity index is 928. The minimum atomic E-state index is -3.59. The van der Waals surface area contributed by atoms with E-state index in [2.05, 4.69) is 5.32 Å². The standard InChI is InChI=1S/C20H22ClFN2O4S/c21-16-1-7-19(8-2-16)29(26,27)24-12-9-15(10-13-24)20(25)23-11-14-28-18-5-3-17(22)4-6-18/h1-8,15H,9-14H2,(H,23,25). The smallest absolute Gasteiger partial charge is 0.243 e. The molecule has 6 nitrogen and oxygen atoms in total. The van der Waals surface area contributed by atoms with Gasteiger partial charge in [-0.1, -0.05) is 11.6 Å². The SMILES string of the molecule is O=C(NCCOc1ccc(F)cc1)C1CCN(S(=O)(=O)c2ccc(Cl)cc2)CC1. The summed E-state index contributed by atoms with van der Waals surface area (Å²) < 4.78 is 45.0. The van der Waals surface area contributed by atoms with E-state index < -0.39 is 10.0 Å². The Morgan fingerprint density at radius 2 is 1.72 bits per heavy atom. The van der Waals surface area contributed by atoms with E-state index in [4.69, 9.17) is 16.3 Å². The molecule has 1 amide bonds. The van der Waals surface area contributed by atoms with E-state index in [0.29, 0.717) is 30.2 Å². The number of hydrogen-bond donors (Lipinski definition) is 1. The highest BCUT2D eigenvalue weighted by molar-refractivity contribution is 7.89. The van der Waals surface area contributed by atoms with E-state index in [-0.39, 0.29) is 42.2 Å². The van der Waals surface area contributed by atoms with Crippen LogP contribution in [0.2, 0.25) is 5.02 Å². The molecule has 1 N–H and O–H groups in total. The summed E-state index contributed by atoms with van der Waals surface area (Å²) in [6.45, 7) is 1.16. The van der Waals surface area contributed by atoms with E-state index in [1.165, 1.54) is 40.7 Å². The molecule has 0 spiro atoms. The fourth-order valence-corrected chi connectivity index (χ4v) is 4.73. The molecule has 1 aliphatic heterocycles. The Hall–Kier alpha value is -2.16. The van der Waals surface area contributed by atoms with Crippen LogP contribution in [0.4, 0.5) is 4.39 Å². The first-order chi connectivity index (χ1) is 13.9. The average molecular weight is 441 g/mol. The average Bonchev–Trinajstić information content (AvgIpc) is 2.73. The van der Waals surface area contributed by atoms with Crippen LogP contribution in [0.25, 0.3) is 0 Å². The molecule has 1 aliphatic rings. The van der Waals surface area contributed by atoms with Crippen molar-refractivity contribution in [2.24, 2.45) is 5.92 Å². The molecule has 0 bridgehead atoms. The predicted octanol–water partition coefficient (Wildman–Crippen LogP) is 3.08. The molecule has 1 heterocycles. The first kappa shape index (κ1) is 21.5. The Morgan fingerprint density at radius 1 is 1.10 bits per heavy atom. The lowest BCUT2D eigenvalue weighted by Crippen LogP contribution is -2.43. The van der Waals surface area contributed by atoms with Crippen molar-refractivity contribution in [2.75, 3.05) is 26.2 Å². The number of nitrogens with one attached hydrogen (secondary N) is 1. The summed E-state index contributed by atoms with van der Waals surface area (Å²) in [4.78, 5) is 12.5. The molecule has 0 aromatic heterocycles. The van der Waals surface area contributed by atoms with Gasteiger partial charge in [-0.2, -0.15) is 4.31 Å². The quantitative estimate of drug-likeness (QED) is 0.671.